The first-order valence-corrected chi connectivity index (χ1v) is 7.99. The van der Waals surface area contributed by atoms with Crippen LogP contribution < -0.4 is 5.32 Å². The number of nitrogens with zero attached hydrogens (tertiary/aromatic N) is 2. The average Bonchev–Trinajstić information content (AvgIpc) is 2.89. The van der Waals surface area contributed by atoms with E-state index < -0.39 is 0 Å². The van der Waals surface area contributed by atoms with Crippen LogP contribution in [0.25, 0.3) is 5.65 Å². The highest BCUT2D eigenvalue weighted by molar-refractivity contribution is 5.75. The predicted octanol–water partition coefficient (Wildman–Crippen LogP) is 3.35. The molecule has 2 rings (SSSR count). The number of hydrogen-bond donors (Lipinski definition) is 1. The monoisotopic (exact) mass is 287 g/mol. The third-order valence-corrected chi connectivity index (χ3v) is 3.62. The first-order chi connectivity index (χ1) is 10.3. The summed E-state index contributed by atoms with van der Waals surface area (Å²) in [7, 11) is 0. The fourth-order valence-electron chi connectivity index (χ4n) is 2.42. The van der Waals surface area contributed by atoms with Crippen molar-refractivity contribution in [2.45, 2.75) is 51.9 Å². The first kappa shape index (κ1) is 15.5. The summed E-state index contributed by atoms with van der Waals surface area (Å²) in [4.78, 5) is 16.2. The van der Waals surface area contributed by atoms with Crippen LogP contribution >= 0.6 is 0 Å². The van der Waals surface area contributed by atoms with Gasteiger partial charge in [-0.1, -0.05) is 38.7 Å². The van der Waals surface area contributed by atoms with Crippen LogP contribution in [0.3, 0.4) is 0 Å². The van der Waals surface area contributed by atoms with E-state index >= 15 is 0 Å². The Labute approximate surface area is 126 Å². The summed E-state index contributed by atoms with van der Waals surface area (Å²) < 4.78 is 2.00. The zero-order valence-corrected chi connectivity index (χ0v) is 12.8. The van der Waals surface area contributed by atoms with Crippen LogP contribution in [0.4, 0.5) is 0 Å². The molecule has 0 aliphatic rings. The molecule has 0 saturated heterocycles. The Morgan fingerprint density at radius 1 is 1.24 bits per heavy atom. The van der Waals surface area contributed by atoms with Gasteiger partial charge >= 0.3 is 0 Å². The van der Waals surface area contributed by atoms with Gasteiger partial charge in [0.2, 0.25) is 5.91 Å². The lowest BCUT2D eigenvalue weighted by atomic mass is 10.1. The Bertz CT molecular complexity index is 529. The second-order valence-electron chi connectivity index (χ2n) is 5.46. The Morgan fingerprint density at radius 3 is 2.90 bits per heavy atom. The van der Waals surface area contributed by atoms with Crippen molar-refractivity contribution in [3.63, 3.8) is 0 Å². The molecule has 0 atom stereocenters. The van der Waals surface area contributed by atoms with Crippen molar-refractivity contribution >= 4 is 11.6 Å². The number of unbranched alkanes of at least 4 members (excludes halogenated alkanes) is 4. The van der Waals surface area contributed by atoms with Gasteiger partial charge in [-0.25, -0.2) is 4.98 Å². The molecular weight excluding hydrogens is 262 g/mol. The highest BCUT2D eigenvalue weighted by Gasteiger charge is 2.03. The number of aromatic nitrogens is 2. The Balaban J connectivity index is 1.63. The van der Waals surface area contributed by atoms with E-state index in [-0.39, 0.29) is 5.91 Å². The zero-order valence-electron chi connectivity index (χ0n) is 12.8. The molecule has 0 unspecified atom stereocenters. The number of carbonyl (C=O) groups is 1. The highest BCUT2D eigenvalue weighted by Crippen LogP contribution is 2.06. The highest BCUT2D eigenvalue weighted by atomic mass is 16.1. The van der Waals surface area contributed by atoms with E-state index in [4.69, 9.17) is 0 Å². The molecule has 2 aromatic rings. The first-order valence-electron chi connectivity index (χ1n) is 7.99. The van der Waals surface area contributed by atoms with Crippen LogP contribution in [0.5, 0.6) is 0 Å². The number of rotatable bonds is 9. The van der Waals surface area contributed by atoms with Crippen LogP contribution in [0, 0.1) is 0 Å². The van der Waals surface area contributed by atoms with Crippen LogP contribution in [-0.2, 0) is 11.2 Å². The van der Waals surface area contributed by atoms with Crippen molar-refractivity contribution < 1.29 is 4.79 Å². The lowest BCUT2D eigenvalue weighted by Crippen LogP contribution is -2.25. The molecule has 0 spiro atoms. The topological polar surface area (TPSA) is 46.4 Å². The molecule has 2 heterocycles. The third kappa shape index (κ3) is 5.21. The Kier molecular flexibility index (Phi) is 6.25. The molecule has 0 aliphatic heterocycles. The fourth-order valence-corrected chi connectivity index (χ4v) is 2.42. The lowest BCUT2D eigenvalue weighted by molar-refractivity contribution is -0.121. The van der Waals surface area contributed by atoms with Gasteiger partial charge in [-0.2, -0.15) is 0 Å². The molecule has 2 aromatic heterocycles. The molecule has 0 radical (unpaired) electrons. The van der Waals surface area contributed by atoms with Gasteiger partial charge in [0.1, 0.15) is 5.65 Å². The molecule has 1 amide bonds. The molecule has 21 heavy (non-hydrogen) atoms. The van der Waals surface area contributed by atoms with Crippen molar-refractivity contribution in [2.75, 3.05) is 6.54 Å². The van der Waals surface area contributed by atoms with E-state index in [1.165, 1.54) is 19.3 Å². The van der Waals surface area contributed by atoms with Crippen LogP contribution in [0.15, 0.2) is 30.6 Å². The minimum atomic E-state index is 0.162. The van der Waals surface area contributed by atoms with Gasteiger partial charge in [-0.3, -0.25) is 4.79 Å². The molecule has 4 nitrogen and oxygen atoms in total. The number of fused-ring (bicyclic) bond motifs is 1. The summed E-state index contributed by atoms with van der Waals surface area (Å²) in [6, 6.07) is 5.95. The molecule has 0 aromatic carbocycles. The Hall–Kier alpha value is -1.84. The molecule has 1 N–H and O–H groups in total. The molecular formula is C17H25N3O. The van der Waals surface area contributed by atoms with E-state index in [1.54, 1.807) is 0 Å². The number of nitrogens with one attached hydrogen (secondary N) is 1. The van der Waals surface area contributed by atoms with Crippen molar-refractivity contribution in [3.8, 4) is 0 Å². The molecule has 4 heteroatoms. The lowest BCUT2D eigenvalue weighted by Gasteiger charge is -2.03. The minimum absolute atomic E-state index is 0.162. The maximum absolute atomic E-state index is 11.7. The summed E-state index contributed by atoms with van der Waals surface area (Å²) in [6.45, 7) is 2.86. The number of amides is 1. The van der Waals surface area contributed by atoms with Gasteiger partial charge in [-0.15, -0.1) is 0 Å². The second-order valence-corrected chi connectivity index (χ2v) is 5.46. The van der Waals surface area contributed by atoms with Crippen LogP contribution in [-0.4, -0.2) is 21.8 Å². The van der Waals surface area contributed by atoms with Crippen LogP contribution in [0.1, 0.15) is 51.1 Å². The zero-order chi connectivity index (χ0) is 14.9. The number of hydrogen-bond acceptors (Lipinski definition) is 2. The van der Waals surface area contributed by atoms with Gasteiger partial charge in [0, 0.05) is 31.8 Å². The quantitative estimate of drug-likeness (QED) is 0.719. The fraction of sp³-hybridized carbons (Fsp3) is 0.529. The summed E-state index contributed by atoms with van der Waals surface area (Å²) in [6.07, 6.45) is 11.4. The van der Waals surface area contributed by atoms with E-state index in [9.17, 15) is 4.79 Å². The molecule has 114 valence electrons. The maximum atomic E-state index is 11.7. The van der Waals surface area contributed by atoms with Crippen LogP contribution in [0.2, 0.25) is 0 Å². The summed E-state index contributed by atoms with van der Waals surface area (Å²) >= 11 is 0. The van der Waals surface area contributed by atoms with Crippen molar-refractivity contribution in [3.05, 3.63) is 36.3 Å². The maximum Gasteiger partial charge on any atom is 0.220 e. The number of pyridine rings is 1. The smallest absolute Gasteiger partial charge is 0.220 e. The number of imidazole rings is 1. The average molecular weight is 287 g/mol. The van der Waals surface area contributed by atoms with E-state index in [2.05, 4.69) is 17.2 Å². The van der Waals surface area contributed by atoms with Gasteiger partial charge in [0.25, 0.3) is 0 Å². The van der Waals surface area contributed by atoms with Crippen molar-refractivity contribution in [1.82, 2.24) is 14.7 Å². The summed E-state index contributed by atoms with van der Waals surface area (Å²) in [5.74, 6) is 0.162. The Morgan fingerprint density at radius 2 is 2.10 bits per heavy atom. The van der Waals surface area contributed by atoms with Gasteiger partial charge in [-0.05, 0) is 18.6 Å². The second kappa shape index (κ2) is 8.45. The molecule has 0 bridgehead atoms. The number of carbonyl (C=O) groups excluding carboxylic acids is 1. The molecule has 0 fully saturated rings. The molecule has 0 saturated carbocycles. The normalized spacial score (nSPS) is 10.9. The standard InChI is InChI=1S/C17H25N3O/c1-2-3-4-5-6-10-17(21)18-12-11-15-14-20-13-8-7-9-16(20)19-15/h7-9,13-14H,2-6,10-12H2,1H3,(H,18,21). The summed E-state index contributed by atoms with van der Waals surface area (Å²) in [5, 5.41) is 2.98. The van der Waals surface area contributed by atoms with E-state index in [0.29, 0.717) is 13.0 Å². The predicted molar refractivity (Wildman–Crippen MR) is 85.3 cm³/mol. The SMILES string of the molecule is CCCCCCCC(=O)NCCc1cn2ccccc2n1. The largest absolute Gasteiger partial charge is 0.356 e. The summed E-state index contributed by atoms with van der Waals surface area (Å²) in [5.41, 5.74) is 1.97. The molecule has 0 aliphatic carbocycles. The third-order valence-electron chi connectivity index (χ3n) is 3.62. The van der Waals surface area contributed by atoms with Crippen molar-refractivity contribution in [2.24, 2.45) is 0 Å². The van der Waals surface area contributed by atoms with Gasteiger partial charge in [0.15, 0.2) is 0 Å². The van der Waals surface area contributed by atoms with Gasteiger partial charge < -0.3 is 9.72 Å². The van der Waals surface area contributed by atoms with Gasteiger partial charge in [0.05, 0.1) is 5.69 Å². The van der Waals surface area contributed by atoms with E-state index in [0.717, 1.165) is 30.6 Å². The van der Waals surface area contributed by atoms with Crippen molar-refractivity contribution in [1.29, 1.82) is 0 Å². The van der Waals surface area contributed by atoms with E-state index in [1.807, 2.05) is 35.0 Å². The minimum Gasteiger partial charge on any atom is -0.356 e.